The summed E-state index contributed by atoms with van der Waals surface area (Å²) in [6, 6.07) is 19.4. The first kappa shape index (κ1) is 22.5. The van der Waals surface area contributed by atoms with Crippen molar-refractivity contribution in [2.45, 2.75) is 25.3 Å². The molecule has 1 N–H and O–H groups in total. The van der Waals surface area contributed by atoms with Gasteiger partial charge in [0.15, 0.2) is 6.61 Å². The topological polar surface area (TPSA) is 94.5 Å². The fraction of sp³-hybridized carbons (Fsp3) is 0.217. The van der Waals surface area contributed by atoms with Crippen LogP contribution in [-0.2, 0) is 26.1 Å². The number of sulfonamides is 1. The predicted octanol–water partition coefficient (Wildman–Crippen LogP) is 2.86. The molecule has 7 nitrogen and oxygen atoms in total. The summed E-state index contributed by atoms with van der Waals surface area (Å²) in [5.74, 6) is -1.17. The number of Topliss-reactive ketones (excluding diaryl/α,β-unsaturated/α-hetero) is 1. The highest BCUT2D eigenvalue weighted by molar-refractivity contribution is 7.89. The Kier molecular flexibility index (Phi) is 7.04. The molecule has 0 amide bonds. The monoisotopic (exact) mass is 440 g/mol. The molecule has 162 valence electrons. The van der Waals surface area contributed by atoms with Gasteiger partial charge in [-0.2, -0.15) is 4.72 Å². The van der Waals surface area contributed by atoms with E-state index in [1.807, 2.05) is 48.7 Å². The Morgan fingerprint density at radius 2 is 1.58 bits per heavy atom. The average molecular weight is 441 g/mol. The Morgan fingerprint density at radius 3 is 2.23 bits per heavy atom. The first-order chi connectivity index (χ1) is 14.8. The van der Waals surface area contributed by atoms with Gasteiger partial charge in [0.05, 0.1) is 4.90 Å². The minimum atomic E-state index is -3.82. The van der Waals surface area contributed by atoms with Gasteiger partial charge in [-0.25, -0.2) is 8.42 Å². The Morgan fingerprint density at radius 1 is 0.968 bits per heavy atom. The summed E-state index contributed by atoms with van der Waals surface area (Å²) in [4.78, 5) is 24.6. The van der Waals surface area contributed by atoms with E-state index in [9.17, 15) is 18.0 Å². The van der Waals surface area contributed by atoms with Gasteiger partial charge in [-0.15, -0.1) is 0 Å². The predicted molar refractivity (Wildman–Crippen MR) is 116 cm³/mol. The molecule has 0 bridgehead atoms. The first-order valence-corrected chi connectivity index (χ1v) is 11.2. The van der Waals surface area contributed by atoms with Gasteiger partial charge in [-0.3, -0.25) is 9.59 Å². The number of carbonyl (C=O) groups is 2. The zero-order valence-electron chi connectivity index (χ0n) is 17.4. The second-order valence-electron chi connectivity index (χ2n) is 7.08. The van der Waals surface area contributed by atoms with Crippen molar-refractivity contribution in [3.05, 3.63) is 89.2 Å². The summed E-state index contributed by atoms with van der Waals surface area (Å²) < 4.78 is 33.5. The van der Waals surface area contributed by atoms with Crippen LogP contribution >= 0.6 is 0 Å². The summed E-state index contributed by atoms with van der Waals surface area (Å²) in [6.45, 7) is 3.38. The number of benzene rings is 2. The zero-order chi connectivity index (χ0) is 22.4. The van der Waals surface area contributed by atoms with Crippen LogP contribution in [0.15, 0.2) is 71.6 Å². The van der Waals surface area contributed by atoms with Crippen molar-refractivity contribution in [3.8, 4) is 0 Å². The SMILES string of the molecule is Cc1cc(C(=O)COC(=O)CNS(=O)(=O)c2ccccc2)c(C)n1Cc1ccccc1. The highest BCUT2D eigenvalue weighted by atomic mass is 32.2. The fourth-order valence-electron chi connectivity index (χ4n) is 3.20. The van der Waals surface area contributed by atoms with Crippen LogP contribution in [0.1, 0.15) is 27.3 Å². The average Bonchev–Trinajstić information content (AvgIpc) is 3.06. The van der Waals surface area contributed by atoms with Crippen molar-refractivity contribution < 1.29 is 22.7 Å². The van der Waals surface area contributed by atoms with Gasteiger partial charge >= 0.3 is 5.97 Å². The lowest BCUT2D eigenvalue weighted by Gasteiger charge is -2.10. The van der Waals surface area contributed by atoms with Crippen LogP contribution in [0.3, 0.4) is 0 Å². The summed E-state index contributed by atoms with van der Waals surface area (Å²) in [5.41, 5.74) is 3.30. The van der Waals surface area contributed by atoms with Crippen molar-refractivity contribution in [1.29, 1.82) is 0 Å². The Labute approximate surface area is 181 Å². The van der Waals surface area contributed by atoms with Gasteiger partial charge < -0.3 is 9.30 Å². The molecule has 0 atom stereocenters. The number of carbonyl (C=O) groups excluding carboxylic acids is 2. The number of nitrogens with one attached hydrogen (secondary N) is 1. The first-order valence-electron chi connectivity index (χ1n) is 9.72. The number of ketones is 1. The van der Waals surface area contributed by atoms with Crippen molar-refractivity contribution >= 4 is 21.8 Å². The Bertz CT molecular complexity index is 1170. The Hall–Kier alpha value is -3.23. The standard InChI is InChI=1S/C23H24N2O5S/c1-17-13-21(18(2)25(17)15-19-9-5-3-6-10-19)22(26)16-30-23(27)14-24-31(28,29)20-11-7-4-8-12-20/h3-13,24H,14-16H2,1-2H3. The van der Waals surface area contributed by atoms with E-state index in [4.69, 9.17) is 4.74 Å². The number of aromatic nitrogens is 1. The van der Waals surface area contributed by atoms with E-state index in [0.717, 1.165) is 17.0 Å². The molecule has 8 heteroatoms. The molecule has 0 aliphatic carbocycles. The van der Waals surface area contributed by atoms with Crippen LogP contribution in [0.4, 0.5) is 0 Å². The number of hydrogen-bond donors (Lipinski definition) is 1. The largest absolute Gasteiger partial charge is 0.456 e. The highest BCUT2D eigenvalue weighted by Gasteiger charge is 2.19. The minimum absolute atomic E-state index is 0.0460. The molecule has 0 spiro atoms. The van der Waals surface area contributed by atoms with Gasteiger partial charge in [0, 0.05) is 23.5 Å². The molecular weight excluding hydrogens is 416 g/mol. The lowest BCUT2D eigenvalue weighted by molar-refractivity contribution is -0.141. The minimum Gasteiger partial charge on any atom is -0.456 e. The third kappa shape index (κ3) is 5.68. The normalized spacial score (nSPS) is 11.3. The van der Waals surface area contributed by atoms with E-state index >= 15 is 0 Å². The second kappa shape index (κ2) is 9.72. The van der Waals surface area contributed by atoms with E-state index < -0.39 is 29.1 Å². The van der Waals surface area contributed by atoms with Gasteiger partial charge in [0.1, 0.15) is 6.54 Å². The number of hydrogen-bond acceptors (Lipinski definition) is 5. The molecule has 0 unspecified atom stereocenters. The van der Waals surface area contributed by atoms with Crippen LogP contribution in [-0.4, -0.2) is 37.9 Å². The van der Waals surface area contributed by atoms with E-state index in [1.165, 1.54) is 12.1 Å². The number of nitrogens with zero attached hydrogens (tertiary/aromatic N) is 1. The van der Waals surface area contributed by atoms with Crippen LogP contribution in [0, 0.1) is 13.8 Å². The molecule has 0 fully saturated rings. The van der Waals surface area contributed by atoms with Gasteiger partial charge in [0.2, 0.25) is 15.8 Å². The van der Waals surface area contributed by atoms with Gasteiger partial charge in [-0.05, 0) is 37.6 Å². The quantitative estimate of drug-likeness (QED) is 0.408. The van der Waals surface area contributed by atoms with Crippen LogP contribution in [0.25, 0.3) is 0 Å². The lowest BCUT2D eigenvalue weighted by atomic mass is 10.1. The summed E-state index contributed by atoms with van der Waals surface area (Å²) in [6.07, 6.45) is 0. The molecule has 0 aliphatic heterocycles. The highest BCUT2D eigenvalue weighted by Crippen LogP contribution is 2.18. The second-order valence-corrected chi connectivity index (χ2v) is 8.84. The van der Waals surface area contributed by atoms with Crippen molar-refractivity contribution in [3.63, 3.8) is 0 Å². The van der Waals surface area contributed by atoms with Crippen LogP contribution in [0.2, 0.25) is 0 Å². The summed E-state index contributed by atoms with van der Waals surface area (Å²) in [7, 11) is -3.82. The summed E-state index contributed by atoms with van der Waals surface area (Å²) >= 11 is 0. The Balaban J connectivity index is 1.57. The van der Waals surface area contributed by atoms with Gasteiger partial charge in [0.25, 0.3) is 0 Å². The van der Waals surface area contributed by atoms with E-state index in [1.54, 1.807) is 24.3 Å². The van der Waals surface area contributed by atoms with E-state index in [0.29, 0.717) is 12.1 Å². The van der Waals surface area contributed by atoms with Gasteiger partial charge in [-0.1, -0.05) is 48.5 Å². The molecule has 2 aromatic carbocycles. The van der Waals surface area contributed by atoms with Crippen molar-refractivity contribution in [2.24, 2.45) is 0 Å². The molecule has 1 aromatic heterocycles. The van der Waals surface area contributed by atoms with Crippen molar-refractivity contribution in [2.75, 3.05) is 13.2 Å². The lowest BCUT2D eigenvalue weighted by Crippen LogP contribution is -2.31. The maximum absolute atomic E-state index is 12.6. The molecular formula is C23H24N2O5S. The third-order valence-corrected chi connectivity index (χ3v) is 6.30. The van der Waals surface area contributed by atoms with E-state index in [-0.39, 0.29) is 10.7 Å². The molecule has 1 heterocycles. The molecule has 0 aliphatic rings. The third-order valence-electron chi connectivity index (χ3n) is 4.88. The van der Waals surface area contributed by atoms with Crippen LogP contribution in [0.5, 0.6) is 0 Å². The molecule has 0 saturated carbocycles. The number of aryl methyl sites for hydroxylation is 1. The maximum atomic E-state index is 12.6. The summed E-state index contributed by atoms with van der Waals surface area (Å²) in [5, 5.41) is 0. The molecule has 0 radical (unpaired) electrons. The smallest absolute Gasteiger partial charge is 0.321 e. The maximum Gasteiger partial charge on any atom is 0.321 e. The van der Waals surface area contributed by atoms with Crippen molar-refractivity contribution in [1.82, 2.24) is 9.29 Å². The number of ether oxygens (including phenoxy) is 1. The zero-order valence-corrected chi connectivity index (χ0v) is 18.2. The molecule has 31 heavy (non-hydrogen) atoms. The van der Waals surface area contributed by atoms with Crippen LogP contribution < -0.4 is 4.72 Å². The number of rotatable bonds is 9. The fourth-order valence-corrected chi connectivity index (χ4v) is 4.19. The van der Waals surface area contributed by atoms with E-state index in [2.05, 4.69) is 4.72 Å². The number of esters is 1. The molecule has 3 aromatic rings. The molecule has 3 rings (SSSR count). The molecule has 0 saturated heterocycles.